The summed E-state index contributed by atoms with van der Waals surface area (Å²) in [5.41, 5.74) is -6.78. The molecule has 0 bridgehead atoms. The predicted molar refractivity (Wildman–Crippen MR) is 241 cm³/mol. The number of benzene rings is 4. The van der Waals surface area contributed by atoms with Crippen LogP contribution in [-0.4, -0.2) is 112 Å². The fourth-order valence-electron chi connectivity index (χ4n) is 10.1. The second-order valence-corrected chi connectivity index (χ2v) is 22.4. The summed E-state index contributed by atoms with van der Waals surface area (Å²) in [6, 6.07) is 21.0. The number of sulfonamides is 2. The van der Waals surface area contributed by atoms with Crippen LogP contribution in [0.4, 0.5) is 26.3 Å². The Labute approximate surface area is 396 Å². The van der Waals surface area contributed by atoms with Gasteiger partial charge in [0.15, 0.2) is 0 Å². The Bertz CT molecular complexity index is 2900. The summed E-state index contributed by atoms with van der Waals surface area (Å²) in [4.78, 5) is 9.89. The summed E-state index contributed by atoms with van der Waals surface area (Å²) in [6.45, 7) is -0.405. The molecule has 4 saturated heterocycles. The lowest BCUT2D eigenvalue weighted by atomic mass is 9.87. The smallest absolute Gasteiger partial charge is 0.384 e. The van der Waals surface area contributed by atoms with Crippen molar-refractivity contribution in [2.24, 2.45) is 11.8 Å². The van der Waals surface area contributed by atoms with Crippen LogP contribution in [0.15, 0.2) is 84.9 Å². The van der Waals surface area contributed by atoms with Gasteiger partial charge in [0.2, 0.25) is 0 Å². The van der Waals surface area contributed by atoms with Gasteiger partial charge in [-0.1, -0.05) is 35.3 Å². The Balaban J connectivity index is 1.05. The summed E-state index contributed by atoms with van der Waals surface area (Å²) >= 11 is 12.5. The van der Waals surface area contributed by atoms with E-state index in [-0.39, 0.29) is 52.1 Å². The molecule has 0 amide bonds. The van der Waals surface area contributed by atoms with Gasteiger partial charge >= 0.3 is 31.1 Å². The lowest BCUT2D eigenvalue weighted by Gasteiger charge is -2.45. The largest absolute Gasteiger partial charge is 0.511 e. The lowest BCUT2D eigenvalue weighted by Crippen LogP contribution is -2.57. The fraction of sp³-hybridized carbons (Fsp3) is 0.422. The van der Waals surface area contributed by atoms with Crippen LogP contribution in [0.1, 0.15) is 55.0 Å². The molecule has 4 atom stereocenters. The van der Waals surface area contributed by atoms with Gasteiger partial charge in [0.25, 0.3) is 0 Å². The van der Waals surface area contributed by atoms with Gasteiger partial charge < -0.3 is 23.7 Å². The Hall–Kier alpha value is -4.32. The molecule has 4 unspecified atom stereocenters. The van der Waals surface area contributed by atoms with Crippen LogP contribution >= 0.6 is 23.2 Å². The number of aliphatic hydroxyl groups is 1. The van der Waals surface area contributed by atoms with Gasteiger partial charge in [-0.2, -0.15) is 35.0 Å². The normalized spacial score (nSPS) is 23.5. The summed E-state index contributed by atoms with van der Waals surface area (Å²) < 4.78 is 151. The zero-order valence-corrected chi connectivity index (χ0v) is 38.8. The molecule has 0 spiro atoms. The molecule has 13 nitrogen and oxygen atoms in total. The summed E-state index contributed by atoms with van der Waals surface area (Å²) in [6.07, 6.45) is -1.21. The van der Waals surface area contributed by atoms with Gasteiger partial charge in [-0.25, -0.2) is 26.8 Å². The predicted octanol–water partition coefficient (Wildman–Crippen LogP) is 9.11. The van der Waals surface area contributed by atoms with Gasteiger partial charge in [-0.05, 0) is 110 Å². The molecule has 0 radical (unpaired) electrons. The van der Waals surface area contributed by atoms with Crippen LogP contribution in [0.2, 0.25) is 10.0 Å². The number of fused-ring (bicyclic) bond motifs is 2. The van der Waals surface area contributed by atoms with E-state index in [0.717, 1.165) is 0 Å². The Kier molecular flexibility index (Phi) is 12.2. The molecule has 6 heterocycles. The standard InChI is InChI=1S/C45H42Cl2F6N6O7S2/c46-31-7-1-25(2-8-31)42-54-35-11-5-27(17-39(35)58(42)33-13-15-56(67(61,62)44(48,49)50)37(19-33)29-21-65-22-29)41(60)28-6-12-36-40(18-28)59(43(55-36)26-3-9-32(47)10-4-26)34-14-16-57(68(63,64)45(51,52)53)38(20-34)30-23-66-24-30/h1-12,17-18,29-30,33-34,37-38,41,60H,13-16,19-24H2. The van der Waals surface area contributed by atoms with Crippen LogP contribution in [-0.2, 0) is 29.5 Å². The molecule has 23 heteroatoms. The minimum Gasteiger partial charge on any atom is -0.384 e. The molecule has 4 aliphatic rings. The van der Waals surface area contributed by atoms with Crippen molar-refractivity contribution in [3.05, 3.63) is 106 Å². The number of aromatic nitrogens is 4. The monoisotopic (exact) mass is 1030 g/mol. The number of nitrogens with zero attached hydrogens (tertiary/aromatic N) is 6. The maximum absolute atomic E-state index is 14.0. The molecule has 362 valence electrons. The molecule has 4 aromatic carbocycles. The minimum atomic E-state index is -5.66. The first kappa shape index (κ1) is 47.4. The molecular weight excluding hydrogens is 986 g/mol. The number of alkyl halides is 6. The molecule has 2 aromatic heterocycles. The van der Waals surface area contributed by atoms with Gasteiger partial charge in [0.1, 0.15) is 17.8 Å². The summed E-state index contributed by atoms with van der Waals surface area (Å²) in [5, 5.41) is 13.2. The van der Waals surface area contributed by atoms with Crippen molar-refractivity contribution in [1.29, 1.82) is 0 Å². The SMILES string of the molecule is O=S(=O)(N1CCC(n2c(-c3ccc(Cl)cc3)nc3ccc(C(O)c4ccc5nc(-c6ccc(Cl)cc6)n(C6CCN(S(=O)(=O)C(F)(F)F)C(C7COC7)C6)c5c4)cc32)CC1C1COC1)C(F)(F)F. The zero-order valence-electron chi connectivity index (χ0n) is 35.6. The van der Waals surface area contributed by atoms with E-state index in [0.29, 0.717) is 74.6 Å². The quantitative estimate of drug-likeness (QED) is 0.133. The number of aliphatic hydroxyl groups excluding tert-OH is 1. The van der Waals surface area contributed by atoms with Crippen molar-refractivity contribution in [2.45, 2.75) is 67.0 Å². The molecular formula is C45H42Cl2F6N6O7S2. The molecule has 4 aliphatic heterocycles. The van der Waals surface area contributed by atoms with Gasteiger partial charge in [0, 0.05) is 70.3 Å². The van der Waals surface area contributed by atoms with Crippen molar-refractivity contribution < 1.29 is 57.8 Å². The topological polar surface area (TPSA) is 149 Å². The van der Waals surface area contributed by atoms with Crippen molar-refractivity contribution in [2.75, 3.05) is 39.5 Å². The molecule has 68 heavy (non-hydrogen) atoms. The summed E-state index contributed by atoms with van der Waals surface area (Å²) in [5.74, 6) is -0.0127. The molecule has 4 fully saturated rings. The molecule has 6 aromatic rings. The average molecular weight is 1030 g/mol. The molecule has 10 rings (SSSR count). The first-order chi connectivity index (χ1) is 32.2. The van der Waals surface area contributed by atoms with E-state index in [1.54, 1.807) is 84.9 Å². The third-order valence-corrected chi connectivity index (χ3v) is 17.6. The van der Waals surface area contributed by atoms with Crippen molar-refractivity contribution in [3.8, 4) is 22.8 Å². The number of hydrogen-bond acceptors (Lipinski definition) is 9. The second kappa shape index (κ2) is 17.5. The van der Waals surface area contributed by atoms with E-state index in [1.807, 2.05) is 9.13 Å². The number of ether oxygens (including phenoxy) is 2. The van der Waals surface area contributed by atoms with E-state index in [4.69, 9.17) is 42.6 Å². The van der Waals surface area contributed by atoms with E-state index in [2.05, 4.69) is 0 Å². The van der Waals surface area contributed by atoms with Gasteiger partial charge in [0.05, 0.1) is 48.5 Å². The summed E-state index contributed by atoms with van der Waals surface area (Å²) in [7, 11) is -11.3. The highest BCUT2D eigenvalue weighted by atomic mass is 35.5. The van der Waals surface area contributed by atoms with Crippen LogP contribution in [0.5, 0.6) is 0 Å². The maximum atomic E-state index is 14.0. The minimum absolute atomic E-state index is 0.0184. The van der Waals surface area contributed by atoms with Gasteiger partial charge in [-0.3, -0.25) is 0 Å². The van der Waals surface area contributed by atoms with Crippen LogP contribution in [0.3, 0.4) is 0 Å². The number of rotatable bonds is 10. The number of imidazole rings is 2. The maximum Gasteiger partial charge on any atom is 0.511 e. The second-order valence-electron chi connectivity index (χ2n) is 17.7. The van der Waals surface area contributed by atoms with E-state index < -0.39 is 86.3 Å². The number of piperidine rings is 2. The van der Waals surface area contributed by atoms with Crippen molar-refractivity contribution >= 4 is 65.3 Å². The molecule has 1 N–H and O–H groups in total. The Morgan fingerprint density at radius 3 is 1.28 bits per heavy atom. The van der Waals surface area contributed by atoms with Crippen LogP contribution < -0.4 is 0 Å². The first-order valence-corrected chi connectivity index (χ1v) is 25.4. The van der Waals surface area contributed by atoms with Crippen LogP contribution in [0.25, 0.3) is 44.8 Å². The number of hydrogen-bond donors (Lipinski definition) is 1. The third-order valence-electron chi connectivity index (χ3n) is 13.7. The van der Waals surface area contributed by atoms with Crippen molar-refractivity contribution in [1.82, 2.24) is 27.7 Å². The molecule has 0 aliphatic carbocycles. The number of halogens is 8. The van der Waals surface area contributed by atoms with E-state index >= 15 is 0 Å². The fourth-order valence-corrected chi connectivity index (χ4v) is 12.9. The van der Waals surface area contributed by atoms with Crippen LogP contribution in [0, 0.1) is 11.8 Å². The van der Waals surface area contributed by atoms with E-state index in [1.165, 1.54) is 0 Å². The average Bonchev–Trinajstić information content (AvgIpc) is 3.83. The Morgan fingerprint density at radius 1 is 0.588 bits per heavy atom. The lowest BCUT2D eigenvalue weighted by molar-refractivity contribution is -0.0818. The van der Waals surface area contributed by atoms with Gasteiger partial charge in [-0.15, -0.1) is 0 Å². The highest BCUT2D eigenvalue weighted by Crippen LogP contribution is 2.45. The highest BCUT2D eigenvalue weighted by Gasteiger charge is 2.56. The first-order valence-electron chi connectivity index (χ1n) is 21.8. The van der Waals surface area contributed by atoms with E-state index in [9.17, 15) is 48.3 Å². The Morgan fingerprint density at radius 2 is 0.956 bits per heavy atom. The third kappa shape index (κ3) is 8.27. The highest BCUT2D eigenvalue weighted by molar-refractivity contribution is 7.90. The molecule has 0 saturated carbocycles. The van der Waals surface area contributed by atoms with Crippen molar-refractivity contribution in [3.63, 3.8) is 0 Å². The zero-order chi connectivity index (χ0) is 48.1.